The van der Waals surface area contributed by atoms with Gasteiger partial charge in [0.05, 0.1) is 16.1 Å². The largest absolute Gasteiger partial charge is 0.169 e. The predicted molar refractivity (Wildman–Crippen MR) is 148 cm³/mol. The third-order valence-electron chi connectivity index (χ3n) is 5.19. The third kappa shape index (κ3) is 8.37. The van der Waals surface area contributed by atoms with E-state index in [-0.39, 0.29) is 0 Å². The first-order valence-corrected chi connectivity index (χ1v) is 25.5. The maximum absolute atomic E-state index is 5.37. The fourth-order valence-electron chi connectivity index (χ4n) is 3.17. The van der Waals surface area contributed by atoms with E-state index in [9.17, 15) is 0 Å². The molecule has 0 N–H and O–H groups in total. The molecule has 0 heterocycles. The summed E-state index contributed by atoms with van der Waals surface area (Å²) in [7, 11) is 8.50. The van der Waals surface area contributed by atoms with E-state index in [2.05, 4.69) is 112 Å². The van der Waals surface area contributed by atoms with Crippen molar-refractivity contribution in [2.75, 3.05) is 0 Å². The van der Waals surface area contributed by atoms with E-state index in [1.165, 1.54) is 21.5 Å². The van der Waals surface area contributed by atoms with Crippen LogP contribution in [0.2, 0.25) is 39.3 Å². The van der Waals surface area contributed by atoms with Gasteiger partial charge in [0.1, 0.15) is 0 Å². The monoisotopic (exact) mass is 562 g/mol. The van der Waals surface area contributed by atoms with Crippen molar-refractivity contribution in [2.24, 2.45) is 0 Å². The summed E-state index contributed by atoms with van der Waals surface area (Å²) in [5.74, 6) is 0. The van der Waals surface area contributed by atoms with E-state index in [1.807, 2.05) is 10.6 Å². The summed E-state index contributed by atoms with van der Waals surface area (Å²) in [4.78, 5) is 0. The van der Waals surface area contributed by atoms with Gasteiger partial charge in [-0.05, 0) is 0 Å². The Balaban J connectivity index is 0.000000182. The molecule has 5 heteroatoms. The number of benzene rings is 2. The van der Waals surface area contributed by atoms with Crippen LogP contribution >= 0.6 is 17.0 Å². The van der Waals surface area contributed by atoms with Crippen LogP contribution in [-0.2, 0) is 18.9 Å². The first kappa shape index (κ1) is 26.7. The van der Waals surface area contributed by atoms with Crippen LogP contribution in [0.5, 0.6) is 0 Å². The zero-order valence-electron chi connectivity index (χ0n) is 19.8. The van der Waals surface area contributed by atoms with E-state index in [0.29, 0.717) is 0 Å². The first-order valence-electron chi connectivity index (χ1n) is 10.7. The molecule has 0 nitrogen and oxygen atoms in total. The second kappa shape index (κ2) is 11.5. The Bertz CT molecular complexity index is 987. The minimum atomic E-state index is -1.76. The SMILES string of the molecule is C[CH]=[Zr]([Cl])[Cl].C[Si](C)(C)c1cc2ccccc2[cH-]1.C[Si](C)(C)c1cc2ccccc2[cH-]1. The standard InChI is InChI=1S/2C12H15Si.C2H4.2ClH.Zr/c2*1-13(2,3)12-8-10-6-4-5-7-11(10)9-12;1-2;;;/h2*4-9H,1-3H3;1H,2H3;2*1H;/q2*-1;;;;+2/p-2. The summed E-state index contributed by atoms with van der Waals surface area (Å²) in [6, 6.07) is 26.6. The van der Waals surface area contributed by atoms with Crippen LogP contribution in [0.1, 0.15) is 6.92 Å². The predicted octanol–water partition coefficient (Wildman–Crippen LogP) is 7.94. The van der Waals surface area contributed by atoms with Crippen LogP contribution in [0, 0.1) is 0 Å². The topological polar surface area (TPSA) is 0 Å². The molecule has 166 valence electrons. The minimum absolute atomic E-state index is 1.12. The Hall–Kier alpha value is -0.573. The second-order valence-electron chi connectivity index (χ2n) is 9.82. The van der Waals surface area contributed by atoms with Crippen molar-refractivity contribution >= 4 is 68.8 Å². The number of hydrogen-bond acceptors (Lipinski definition) is 0. The molecule has 4 aromatic rings. The number of fused-ring (bicyclic) bond motifs is 2. The molecule has 0 unspecified atom stereocenters. The zero-order chi connectivity index (χ0) is 23.2. The van der Waals surface area contributed by atoms with E-state index in [0.717, 1.165) is 0 Å². The van der Waals surface area contributed by atoms with Gasteiger partial charge in [-0.15, -0.1) is 69.7 Å². The van der Waals surface area contributed by atoms with Gasteiger partial charge < -0.3 is 0 Å². The Morgan fingerprint density at radius 1 is 0.677 bits per heavy atom. The maximum atomic E-state index is 5.37. The molecule has 0 aliphatic heterocycles. The van der Waals surface area contributed by atoms with E-state index in [4.69, 9.17) is 17.0 Å². The molecule has 4 rings (SSSR count). The molecule has 0 bridgehead atoms. The van der Waals surface area contributed by atoms with Crippen molar-refractivity contribution in [3.05, 3.63) is 72.8 Å². The van der Waals surface area contributed by atoms with Crippen LogP contribution in [-0.4, -0.2) is 19.9 Å². The first-order chi connectivity index (χ1) is 14.4. The molecule has 0 radical (unpaired) electrons. The second-order valence-corrected chi connectivity index (χ2v) is 28.8. The summed E-state index contributed by atoms with van der Waals surface area (Å²) in [6.07, 6.45) is 0. The summed E-state index contributed by atoms with van der Waals surface area (Å²) in [5.41, 5.74) is 0. The molecular formula is C26H34Cl2Si2Zr-2. The minimum Gasteiger partial charge on any atom is -0.169 e. The van der Waals surface area contributed by atoms with Crippen molar-refractivity contribution < 1.29 is 18.9 Å². The van der Waals surface area contributed by atoms with Gasteiger partial charge >= 0.3 is 46.5 Å². The zero-order valence-corrected chi connectivity index (χ0v) is 25.7. The Labute approximate surface area is 205 Å². The van der Waals surface area contributed by atoms with Gasteiger partial charge in [0.25, 0.3) is 0 Å². The van der Waals surface area contributed by atoms with Crippen molar-refractivity contribution in [1.29, 1.82) is 0 Å². The van der Waals surface area contributed by atoms with Crippen LogP contribution < -0.4 is 10.4 Å². The summed E-state index contributed by atoms with van der Waals surface area (Å²) >= 11 is -1.76. The van der Waals surface area contributed by atoms with Gasteiger partial charge in [-0.1, -0.05) is 51.4 Å². The Morgan fingerprint density at radius 3 is 1.26 bits per heavy atom. The average molecular weight is 565 g/mol. The van der Waals surface area contributed by atoms with E-state index < -0.39 is 35.0 Å². The summed E-state index contributed by atoms with van der Waals surface area (Å²) in [6.45, 7) is 16.2. The van der Waals surface area contributed by atoms with Crippen LogP contribution in [0.15, 0.2) is 72.8 Å². The fraction of sp³-hybridized carbons (Fsp3) is 0.269. The number of rotatable bonds is 2. The third-order valence-corrected chi connectivity index (χ3v) is 12.9. The molecule has 0 saturated carbocycles. The quantitative estimate of drug-likeness (QED) is 0.171. The van der Waals surface area contributed by atoms with Gasteiger partial charge in [-0.25, -0.2) is 0 Å². The van der Waals surface area contributed by atoms with Crippen LogP contribution in [0.4, 0.5) is 0 Å². The van der Waals surface area contributed by atoms with Crippen molar-refractivity contribution in [2.45, 2.75) is 46.2 Å². The van der Waals surface area contributed by atoms with Crippen molar-refractivity contribution in [3.63, 3.8) is 0 Å². The molecule has 0 atom stereocenters. The van der Waals surface area contributed by atoms with Crippen LogP contribution in [0.25, 0.3) is 21.5 Å². The molecule has 0 aliphatic carbocycles. The molecule has 0 fully saturated rings. The van der Waals surface area contributed by atoms with Gasteiger partial charge in [0, 0.05) is 0 Å². The maximum Gasteiger partial charge on any atom is 0.0564 e. The smallest absolute Gasteiger partial charge is 0.0564 e. The normalized spacial score (nSPS) is 11.4. The van der Waals surface area contributed by atoms with Crippen molar-refractivity contribution in [3.8, 4) is 0 Å². The molecular weight excluding hydrogens is 531 g/mol. The van der Waals surface area contributed by atoms with Gasteiger partial charge in [0.2, 0.25) is 0 Å². The van der Waals surface area contributed by atoms with E-state index >= 15 is 0 Å². The molecule has 4 aromatic carbocycles. The molecule has 0 amide bonds. The number of halogens is 2. The fourth-order valence-corrected chi connectivity index (χ4v) is 5.52. The molecule has 0 saturated heterocycles. The van der Waals surface area contributed by atoms with Gasteiger partial charge in [0.15, 0.2) is 0 Å². The van der Waals surface area contributed by atoms with Gasteiger partial charge in [-0.3, -0.25) is 0 Å². The average Bonchev–Trinajstić information content (AvgIpc) is 3.33. The van der Waals surface area contributed by atoms with Crippen LogP contribution in [0.3, 0.4) is 0 Å². The molecule has 31 heavy (non-hydrogen) atoms. The summed E-state index contributed by atoms with van der Waals surface area (Å²) < 4.78 is 1.89. The number of hydrogen-bond donors (Lipinski definition) is 0. The Kier molecular flexibility index (Phi) is 9.92. The molecule has 0 aliphatic rings. The molecule has 0 spiro atoms. The van der Waals surface area contributed by atoms with Crippen molar-refractivity contribution in [1.82, 2.24) is 0 Å². The summed E-state index contributed by atoms with van der Waals surface area (Å²) in [5, 5.41) is 8.68. The molecule has 0 aromatic heterocycles. The van der Waals surface area contributed by atoms with Gasteiger partial charge in [-0.2, -0.15) is 22.9 Å². The van der Waals surface area contributed by atoms with E-state index in [1.54, 1.807) is 10.4 Å². The Morgan fingerprint density at radius 2 is 1.00 bits per heavy atom.